The van der Waals surface area contributed by atoms with Crippen LogP contribution in [-0.4, -0.2) is 17.6 Å². The third kappa shape index (κ3) is 5.33. The number of rotatable bonds is 7. The summed E-state index contributed by atoms with van der Waals surface area (Å²) in [4.78, 5) is 0. The minimum Gasteiger partial charge on any atom is -0.381 e. The fraction of sp³-hybridized carbons (Fsp3) is 0.294. The van der Waals surface area contributed by atoms with E-state index >= 15 is 0 Å². The maximum absolute atomic E-state index is 11.3. The molecule has 2 aromatic rings. The fourth-order valence-electron chi connectivity index (χ4n) is 2.13. The molecule has 0 spiro atoms. The maximum Gasteiger partial charge on any atom is 0.0713 e. The number of benzene rings is 2. The van der Waals surface area contributed by atoms with E-state index in [1.807, 2.05) is 18.2 Å². The Labute approximate surface area is 128 Å². The highest BCUT2D eigenvalue weighted by Gasteiger charge is 1.99. The molecule has 4 heteroatoms. The Bertz CT molecular complexity index is 596. The van der Waals surface area contributed by atoms with Gasteiger partial charge in [-0.1, -0.05) is 36.4 Å². The smallest absolute Gasteiger partial charge is 0.0713 e. The molecule has 2 aromatic carbocycles. The lowest BCUT2D eigenvalue weighted by molar-refractivity contribution is 0.185. The second-order valence-corrected chi connectivity index (χ2v) is 6.46. The number of ether oxygens (including phenoxy) is 1. The van der Waals surface area contributed by atoms with Crippen LogP contribution in [-0.2, 0) is 34.4 Å². The van der Waals surface area contributed by atoms with Crippen LogP contribution < -0.4 is 5.32 Å². The minimum absolute atomic E-state index is 0.598. The minimum atomic E-state index is -0.809. The molecule has 0 bridgehead atoms. The lowest BCUT2D eigenvalue weighted by atomic mass is 10.1. The first-order valence-corrected chi connectivity index (χ1v) is 8.59. The summed E-state index contributed by atoms with van der Waals surface area (Å²) in [6, 6.07) is 16.5. The Morgan fingerprint density at radius 2 is 1.76 bits per heavy atom. The Hall–Kier alpha value is -1.65. The highest BCUT2D eigenvalue weighted by molar-refractivity contribution is 7.83. The molecule has 0 aliphatic carbocycles. The van der Waals surface area contributed by atoms with Crippen LogP contribution in [0.1, 0.15) is 16.7 Å². The highest BCUT2D eigenvalue weighted by Crippen LogP contribution is 2.14. The van der Waals surface area contributed by atoms with Crippen molar-refractivity contribution in [1.29, 1.82) is 0 Å². The van der Waals surface area contributed by atoms with Crippen molar-refractivity contribution in [1.82, 2.24) is 0 Å². The van der Waals surface area contributed by atoms with Gasteiger partial charge in [0, 0.05) is 42.2 Å². The maximum atomic E-state index is 11.3. The van der Waals surface area contributed by atoms with Gasteiger partial charge in [-0.25, -0.2) is 0 Å². The molecule has 0 saturated heterocycles. The molecule has 1 N–H and O–H groups in total. The first kappa shape index (κ1) is 15.7. The average Bonchev–Trinajstić information content (AvgIpc) is 2.47. The fourth-order valence-corrected chi connectivity index (χ4v) is 2.78. The van der Waals surface area contributed by atoms with Crippen molar-refractivity contribution >= 4 is 16.5 Å². The first-order valence-electron chi connectivity index (χ1n) is 6.87. The summed E-state index contributed by atoms with van der Waals surface area (Å²) in [5.74, 6) is 0.598. The SMILES string of the molecule is COCc1ccc(CNc2cccc(CS(C)=O)c2)cc1. The van der Waals surface area contributed by atoms with Crippen molar-refractivity contribution < 1.29 is 8.95 Å². The second kappa shape index (κ2) is 7.96. The van der Waals surface area contributed by atoms with Crippen LogP contribution in [0.15, 0.2) is 48.5 Å². The summed E-state index contributed by atoms with van der Waals surface area (Å²) < 4.78 is 16.4. The molecule has 0 heterocycles. The summed E-state index contributed by atoms with van der Waals surface area (Å²) in [7, 11) is 0.891. The van der Waals surface area contributed by atoms with Crippen molar-refractivity contribution in [3.8, 4) is 0 Å². The van der Waals surface area contributed by atoms with E-state index in [9.17, 15) is 4.21 Å². The summed E-state index contributed by atoms with van der Waals surface area (Å²) >= 11 is 0. The van der Waals surface area contributed by atoms with Gasteiger partial charge in [-0.05, 0) is 28.8 Å². The zero-order valence-corrected chi connectivity index (χ0v) is 13.3. The largest absolute Gasteiger partial charge is 0.381 e. The van der Waals surface area contributed by atoms with Gasteiger partial charge in [0.1, 0.15) is 0 Å². The Morgan fingerprint density at radius 3 is 2.43 bits per heavy atom. The van der Waals surface area contributed by atoms with Crippen LogP contribution in [0.5, 0.6) is 0 Å². The predicted molar refractivity (Wildman–Crippen MR) is 88.7 cm³/mol. The van der Waals surface area contributed by atoms with E-state index in [0.29, 0.717) is 12.4 Å². The van der Waals surface area contributed by atoms with Crippen LogP contribution in [0.3, 0.4) is 0 Å². The number of hydrogen-bond acceptors (Lipinski definition) is 3. The zero-order chi connectivity index (χ0) is 15.1. The van der Waals surface area contributed by atoms with Crippen LogP contribution in [0.4, 0.5) is 5.69 Å². The molecule has 3 nitrogen and oxygen atoms in total. The van der Waals surface area contributed by atoms with Gasteiger partial charge in [0.2, 0.25) is 0 Å². The van der Waals surface area contributed by atoms with Crippen molar-refractivity contribution in [2.45, 2.75) is 18.9 Å². The molecule has 21 heavy (non-hydrogen) atoms. The molecule has 2 rings (SSSR count). The molecule has 0 aliphatic rings. The molecule has 0 fully saturated rings. The molecule has 1 atom stereocenters. The second-order valence-electron chi connectivity index (χ2n) is 5.02. The van der Waals surface area contributed by atoms with Crippen LogP contribution in [0, 0.1) is 0 Å². The lowest BCUT2D eigenvalue weighted by Crippen LogP contribution is -2.01. The van der Waals surface area contributed by atoms with Gasteiger partial charge < -0.3 is 10.1 Å². The highest BCUT2D eigenvalue weighted by atomic mass is 32.2. The van der Waals surface area contributed by atoms with Crippen molar-refractivity contribution in [2.75, 3.05) is 18.7 Å². The number of nitrogens with one attached hydrogen (secondary N) is 1. The van der Waals surface area contributed by atoms with E-state index in [4.69, 9.17) is 4.74 Å². The van der Waals surface area contributed by atoms with E-state index in [0.717, 1.165) is 17.8 Å². The Kier molecular flexibility index (Phi) is 5.96. The third-order valence-corrected chi connectivity index (χ3v) is 3.87. The molecule has 0 aromatic heterocycles. The molecule has 0 aliphatic heterocycles. The standard InChI is InChI=1S/C17H21NO2S/c1-20-12-15-8-6-14(7-9-15)11-18-17-5-3-4-16(10-17)13-21(2)19/h3-10,18H,11-13H2,1-2H3. The van der Waals surface area contributed by atoms with Gasteiger partial charge in [-0.3, -0.25) is 4.21 Å². The van der Waals surface area contributed by atoms with Crippen LogP contribution >= 0.6 is 0 Å². The lowest BCUT2D eigenvalue weighted by Gasteiger charge is -2.09. The molecular weight excluding hydrogens is 282 g/mol. The topological polar surface area (TPSA) is 38.3 Å². The zero-order valence-electron chi connectivity index (χ0n) is 12.5. The molecule has 0 amide bonds. The van der Waals surface area contributed by atoms with E-state index in [2.05, 4.69) is 35.6 Å². The molecule has 0 radical (unpaired) electrons. The first-order chi connectivity index (χ1) is 10.2. The van der Waals surface area contributed by atoms with Crippen molar-refractivity contribution in [3.05, 3.63) is 65.2 Å². The quantitative estimate of drug-likeness (QED) is 0.852. The van der Waals surface area contributed by atoms with Crippen molar-refractivity contribution in [2.24, 2.45) is 0 Å². The summed E-state index contributed by atoms with van der Waals surface area (Å²) in [6.45, 7) is 1.41. The average molecular weight is 303 g/mol. The Balaban J connectivity index is 1.94. The number of hydrogen-bond donors (Lipinski definition) is 1. The number of anilines is 1. The van der Waals surface area contributed by atoms with E-state index in [-0.39, 0.29) is 0 Å². The molecule has 1 unspecified atom stereocenters. The number of methoxy groups -OCH3 is 1. The van der Waals surface area contributed by atoms with Crippen LogP contribution in [0.25, 0.3) is 0 Å². The normalized spacial score (nSPS) is 12.1. The molecular formula is C17H21NO2S. The van der Waals surface area contributed by atoms with E-state index < -0.39 is 10.8 Å². The van der Waals surface area contributed by atoms with Crippen molar-refractivity contribution in [3.63, 3.8) is 0 Å². The van der Waals surface area contributed by atoms with E-state index in [1.165, 1.54) is 11.1 Å². The van der Waals surface area contributed by atoms with Crippen LogP contribution in [0.2, 0.25) is 0 Å². The third-order valence-electron chi connectivity index (χ3n) is 3.13. The van der Waals surface area contributed by atoms with Gasteiger partial charge in [-0.2, -0.15) is 0 Å². The summed E-state index contributed by atoms with van der Waals surface area (Å²) in [5, 5.41) is 3.40. The van der Waals surface area contributed by atoms with Gasteiger partial charge >= 0.3 is 0 Å². The van der Waals surface area contributed by atoms with Gasteiger partial charge in [0.25, 0.3) is 0 Å². The Morgan fingerprint density at radius 1 is 1.05 bits per heavy atom. The van der Waals surface area contributed by atoms with E-state index in [1.54, 1.807) is 13.4 Å². The molecule has 112 valence electrons. The van der Waals surface area contributed by atoms with Gasteiger partial charge in [0.05, 0.1) is 6.61 Å². The predicted octanol–water partition coefficient (Wildman–Crippen LogP) is 3.32. The molecule has 0 saturated carbocycles. The summed E-state index contributed by atoms with van der Waals surface area (Å²) in [5.41, 5.74) is 4.54. The van der Waals surface area contributed by atoms with Gasteiger partial charge in [0.15, 0.2) is 0 Å². The van der Waals surface area contributed by atoms with Gasteiger partial charge in [-0.15, -0.1) is 0 Å². The summed E-state index contributed by atoms with van der Waals surface area (Å²) in [6.07, 6.45) is 1.72. The monoisotopic (exact) mass is 303 g/mol.